The Balaban J connectivity index is 1.34. The molecule has 1 aliphatic heterocycles. The standard InChI is InChI=1S/C22H22N4O3/c27-20(13-26-19-4-2-1-3-17(19)24-22(26)29)23-16-8-9-18-15(11-16)7-10-21(28)25(18)12-14-5-6-14/h1-4,8-9,11,14H,5-7,10,12-13H2,(H,23,27)(H,24,29). The van der Waals surface area contributed by atoms with Crippen LogP contribution in [-0.4, -0.2) is 27.9 Å². The van der Waals surface area contributed by atoms with Crippen molar-refractivity contribution < 1.29 is 9.59 Å². The molecule has 148 valence electrons. The summed E-state index contributed by atoms with van der Waals surface area (Å²) < 4.78 is 1.43. The molecule has 1 fully saturated rings. The Hall–Kier alpha value is -3.35. The maximum atomic E-state index is 12.6. The third kappa shape index (κ3) is 3.44. The number of carbonyl (C=O) groups excluding carboxylic acids is 2. The van der Waals surface area contributed by atoms with Crippen LogP contribution >= 0.6 is 0 Å². The van der Waals surface area contributed by atoms with Crippen molar-refractivity contribution in [3.8, 4) is 0 Å². The summed E-state index contributed by atoms with van der Waals surface area (Å²) >= 11 is 0. The van der Waals surface area contributed by atoms with Crippen LogP contribution in [0.4, 0.5) is 11.4 Å². The Bertz CT molecular complexity index is 1170. The first-order valence-corrected chi connectivity index (χ1v) is 9.99. The predicted molar refractivity (Wildman–Crippen MR) is 111 cm³/mol. The van der Waals surface area contributed by atoms with Gasteiger partial charge in [-0.05, 0) is 61.1 Å². The Morgan fingerprint density at radius 1 is 1.10 bits per heavy atom. The van der Waals surface area contributed by atoms with Crippen molar-refractivity contribution in [3.63, 3.8) is 0 Å². The highest BCUT2D eigenvalue weighted by Crippen LogP contribution is 2.36. The topological polar surface area (TPSA) is 87.2 Å². The highest BCUT2D eigenvalue weighted by Gasteiger charge is 2.31. The zero-order valence-electron chi connectivity index (χ0n) is 16.0. The summed E-state index contributed by atoms with van der Waals surface area (Å²) in [6, 6.07) is 13.0. The van der Waals surface area contributed by atoms with Gasteiger partial charge < -0.3 is 15.2 Å². The maximum Gasteiger partial charge on any atom is 0.326 e. The van der Waals surface area contributed by atoms with Gasteiger partial charge in [-0.3, -0.25) is 14.2 Å². The molecule has 7 heteroatoms. The van der Waals surface area contributed by atoms with Crippen LogP contribution in [0.5, 0.6) is 0 Å². The number of aromatic nitrogens is 2. The Labute approximate surface area is 167 Å². The lowest BCUT2D eigenvalue weighted by molar-refractivity contribution is -0.119. The summed E-state index contributed by atoms with van der Waals surface area (Å²) in [4.78, 5) is 41.7. The molecule has 5 rings (SSSR count). The number of carbonyl (C=O) groups is 2. The van der Waals surface area contributed by atoms with Crippen molar-refractivity contribution in [1.29, 1.82) is 0 Å². The fourth-order valence-corrected chi connectivity index (χ4v) is 4.00. The van der Waals surface area contributed by atoms with E-state index in [0.717, 1.165) is 17.8 Å². The van der Waals surface area contributed by atoms with Crippen LogP contribution in [0.1, 0.15) is 24.8 Å². The Morgan fingerprint density at radius 3 is 2.76 bits per heavy atom. The van der Waals surface area contributed by atoms with E-state index < -0.39 is 0 Å². The van der Waals surface area contributed by atoms with E-state index in [0.29, 0.717) is 35.5 Å². The van der Waals surface area contributed by atoms with Crippen LogP contribution in [0, 0.1) is 5.92 Å². The third-order valence-corrected chi connectivity index (χ3v) is 5.68. The van der Waals surface area contributed by atoms with Crippen LogP contribution in [0.25, 0.3) is 11.0 Å². The van der Waals surface area contributed by atoms with Crippen molar-refractivity contribution in [2.75, 3.05) is 16.8 Å². The quantitative estimate of drug-likeness (QED) is 0.702. The first-order valence-electron chi connectivity index (χ1n) is 9.99. The van der Waals surface area contributed by atoms with Crippen LogP contribution in [-0.2, 0) is 22.6 Å². The normalized spacial score (nSPS) is 16.1. The van der Waals surface area contributed by atoms with Gasteiger partial charge in [0.05, 0.1) is 11.0 Å². The van der Waals surface area contributed by atoms with E-state index in [1.165, 1.54) is 17.4 Å². The molecule has 0 bridgehead atoms. The van der Waals surface area contributed by atoms with Gasteiger partial charge in [0.15, 0.2) is 0 Å². The van der Waals surface area contributed by atoms with E-state index in [1.807, 2.05) is 47.4 Å². The van der Waals surface area contributed by atoms with Crippen LogP contribution in [0.3, 0.4) is 0 Å². The fraction of sp³-hybridized carbons (Fsp3) is 0.318. The van der Waals surface area contributed by atoms with Crippen molar-refractivity contribution in [2.24, 2.45) is 5.92 Å². The molecule has 0 saturated heterocycles. The van der Waals surface area contributed by atoms with E-state index in [-0.39, 0.29) is 24.0 Å². The van der Waals surface area contributed by atoms with Crippen LogP contribution < -0.4 is 15.9 Å². The number of aryl methyl sites for hydroxylation is 1. The number of imidazole rings is 1. The molecular weight excluding hydrogens is 368 g/mol. The first kappa shape index (κ1) is 17.7. The number of H-pyrrole nitrogens is 1. The van der Waals surface area contributed by atoms with Crippen molar-refractivity contribution in [3.05, 3.63) is 58.5 Å². The molecule has 1 aromatic heterocycles. The number of hydrogen-bond acceptors (Lipinski definition) is 3. The lowest BCUT2D eigenvalue weighted by atomic mass is 10.00. The van der Waals surface area contributed by atoms with E-state index >= 15 is 0 Å². The molecule has 0 unspecified atom stereocenters. The largest absolute Gasteiger partial charge is 0.326 e. The third-order valence-electron chi connectivity index (χ3n) is 5.68. The smallest absolute Gasteiger partial charge is 0.325 e. The molecule has 2 heterocycles. The van der Waals surface area contributed by atoms with Crippen LogP contribution in [0.15, 0.2) is 47.3 Å². The Kier molecular flexibility index (Phi) is 4.23. The van der Waals surface area contributed by atoms with Crippen LogP contribution in [0.2, 0.25) is 0 Å². The molecule has 0 radical (unpaired) electrons. The maximum absolute atomic E-state index is 12.6. The van der Waals surface area contributed by atoms with E-state index in [4.69, 9.17) is 0 Å². The summed E-state index contributed by atoms with van der Waals surface area (Å²) in [5.41, 5.74) is 3.82. The summed E-state index contributed by atoms with van der Waals surface area (Å²) in [5.74, 6) is 0.539. The lowest BCUT2D eigenvalue weighted by Crippen LogP contribution is -2.36. The number of para-hydroxylation sites is 2. The molecular formula is C22H22N4O3. The van der Waals surface area contributed by atoms with Gasteiger partial charge in [0, 0.05) is 24.3 Å². The molecule has 1 saturated carbocycles. The summed E-state index contributed by atoms with van der Waals surface area (Å²) in [7, 11) is 0. The van der Waals surface area contributed by atoms with E-state index in [9.17, 15) is 14.4 Å². The van der Waals surface area contributed by atoms with Crippen molar-refractivity contribution in [1.82, 2.24) is 9.55 Å². The van der Waals surface area contributed by atoms with Gasteiger partial charge in [-0.25, -0.2) is 4.79 Å². The van der Waals surface area contributed by atoms with Gasteiger partial charge in [-0.15, -0.1) is 0 Å². The molecule has 3 aromatic rings. The van der Waals surface area contributed by atoms with Gasteiger partial charge in [-0.2, -0.15) is 0 Å². The van der Waals surface area contributed by atoms with Crippen molar-refractivity contribution >= 4 is 34.2 Å². The summed E-state index contributed by atoms with van der Waals surface area (Å²) in [5, 5.41) is 2.89. The molecule has 1 aliphatic carbocycles. The van der Waals surface area contributed by atoms with Gasteiger partial charge in [-0.1, -0.05) is 12.1 Å². The molecule has 2 amide bonds. The van der Waals surface area contributed by atoms with Gasteiger partial charge in [0.25, 0.3) is 0 Å². The second kappa shape index (κ2) is 6.92. The molecule has 7 nitrogen and oxygen atoms in total. The molecule has 2 aromatic carbocycles. The number of nitrogens with one attached hydrogen (secondary N) is 2. The zero-order chi connectivity index (χ0) is 20.0. The SMILES string of the molecule is O=C(Cn1c(=O)[nH]c2ccccc21)Nc1ccc2c(c1)CCC(=O)N2CC1CC1. The summed E-state index contributed by atoms with van der Waals surface area (Å²) in [6.45, 7) is 0.729. The number of anilines is 2. The van der Waals surface area contributed by atoms with Crippen molar-refractivity contribution in [2.45, 2.75) is 32.2 Å². The van der Waals surface area contributed by atoms with Gasteiger partial charge in [0.2, 0.25) is 11.8 Å². The average molecular weight is 390 g/mol. The lowest BCUT2D eigenvalue weighted by Gasteiger charge is -2.30. The fourth-order valence-electron chi connectivity index (χ4n) is 4.00. The minimum atomic E-state index is -0.305. The van der Waals surface area contributed by atoms with E-state index in [2.05, 4.69) is 10.3 Å². The average Bonchev–Trinajstić information content (AvgIpc) is 3.48. The number of benzene rings is 2. The molecule has 2 N–H and O–H groups in total. The monoisotopic (exact) mass is 390 g/mol. The predicted octanol–water partition coefficient (Wildman–Crippen LogP) is 2.66. The second-order valence-corrected chi connectivity index (χ2v) is 7.87. The molecule has 2 aliphatic rings. The van der Waals surface area contributed by atoms with Gasteiger partial charge in [0.1, 0.15) is 6.54 Å². The Morgan fingerprint density at radius 2 is 1.93 bits per heavy atom. The summed E-state index contributed by atoms with van der Waals surface area (Å²) in [6.07, 6.45) is 3.57. The first-order chi connectivity index (χ1) is 14.1. The highest BCUT2D eigenvalue weighted by atomic mass is 16.2. The number of rotatable bonds is 5. The number of fused-ring (bicyclic) bond motifs is 2. The number of nitrogens with zero attached hydrogens (tertiary/aromatic N) is 2. The second-order valence-electron chi connectivity index (χ2n) is 7.87. The number of aromatic amines is 1. The number of amides is 2. The van der Waals surface area contributed by atoms with Gasteiger partial charge >= 0.3 is 5.69 Å². The number of hydrogen-bond donors (Lipinski definition) is 2. The molecule has 0 spiro atoms. The zero-order valence-corrected chi connectivity index (χ0v) is 16.0. The molecule has 0 atom stereocenters. The van der Waals surface area contributed by atoms with E-state index in [1.54, 1.807) is 0 Å². The minimum absolute atomic E-state index is 0.0633. The molecule has 29 heavy (non-hydrogen) atoms. The highest BCUT2D eigenvalue weighted by molar-refractivity contribution is 5.98. The minimum Gasteiger partial charge on any atom is -0.325 e.